The van der Waals surface area contributed by atoms with Crippen molar-refractivity contribution in [3.05, 3.63) is 0 Å². The Bertz CT molecular complexity index is 380. The zero-order valence-corrected chi connectivity index (χ0v) is 11.1. The van der Waals surface area contributed by atoms with E-state index < -0.39 is 33.7 Å². The average molecular weight is 303 g/mol. The van der Waals surface area contributed by atoms with Crippen molar-refractivity contribution < 1.29 is 18.0 Å². The van der Waals surface area contributed by atoms with E-state index >= 15 is 0 Å². The van der Waals surface area contributed by atoms with E-state index in [0.29, 0.717) is 0 Å². The van der Waals surface area contributed by atoms with Crippen molar-refractivity contribution in [2.45, 2.75) is 12.1 Å². The molecule has 2 atom stereocenters. The predicted molar refractivity (Wildman–Crippen MR) is 64.0 cm³/mol. The fourth-order valence-corrected chi connectivity index (χ4v) is 3.64. The number of halogens is 2. The second-order valence-corrected chi connectivity index (χ2v) is 6.38. The highest BCUT2D eigenvalue weighted by Crippen LogP contribution is 2.13. The molecule has 1 heterocycles. The van der Waals surface area contributed by atoms with Crippen LogP contribution >= 0.6 is 23.2 Å². The van der Waals surface area contributed by atoms with Crippen LogP contribution in [0.15, 0.2) is 0 Å². The molecule has 1 fully saturated rings. The van der Waals surface area contributed by atoms with Crippen molar-refractivity contribution in [2.75, 3.05) is 23.3 Å². The van der Waals surface area contributed by atoms with Crippen LogP contribution < -0.4 is 10.6 Å². The minimum absolute atomic E-state index is 0.205. The lowest BCUT2D eigenvalue weighted by Crippen LogP contribution is -2.51. The summed E-state index contributed by atoms with van der Waals surface area (Å²) in [5.74, 6) is -1.87. The van der Waals surface area contributed by atoms with Gasteiger partial charge in [0.25, 0.3) is 0 Å². The number of alkyl halides is 2. The van der Waals surface area contributed by atoms with Crippen LogP contribution in [0.1, 0.15) is 0 Å². The lowest BCUT2D eigenvalue weighted by atomic mass is 10.1. The number of nitrogens with one attached hydrogen (secondary N) is 2. The van der Waals surface area contributed by atoms with Gasteiger partial charge in [0.2, 0.25) is 11.8 Å². The second-order valence-electron chi connectivity index (χ2n) is 3.69. The zero-order valence-electron chi connectivity index (χ0n) is 8.78. The molecule has 0 radical (unpaired) electrons. The first kappa shape index (κ1) is 14.5. The molecule has 1 saturated heterocycles. The van der Waals surface area contributed by atoms with Gasteiger partial charge < -0.3 is 10.6 Å². The van der Waals surface area contributed by atoms with Crippen LogP contribution in [0.25, 0.3) is 0 Å². The van der Waals surface area contributed by atoms with Gasteiger partial charge in [-0.1, -0.05) is 0 Å². The van der Waals surface area contributed by atoms with Crippen molar-refractivity contribution in [1.29, 1.82) is 0 Å². The minimum atomic E-state index is -3.27. The molecule has 2 amide bonds. The van der Waals surface area contributed by atoms with Crippen LogP contribution in [-0.4, -0.2) is 55.6 Å². The molecule has 0 aromatic rings. The Labute approximate surface area is 109 Å². The zero-order chi connectivity index (χ0) is 13.1. The highest BCUT2D eigenvalue weighted by Gasteiger charge is 2.39. The minimum Gasteiger partial charge on any atom is -0.349 e. The SMILES string of the molecule is O=C(CCl)N[C@H]1CS(=O)(=O)C[C@@H]1NC(=O)CCl. The van der Waals surface area contributed by atoms with Gasteiger partial charge in [0.05, 0.1) is 23.6 Å². The van der Waals surface area contributed by atoms with Gasteiger partial charge in [-0.2, -0.15) is 0 Å². The summed E-state index contributed by atoms with van der Waals surface area (Å²) in [5.41, 5.74) is 0. The largest absolute Gasteiger partial charge is 0.349 e. The molecular weight excluding hydrogens is 291 g/mol. The molecule has 1 rings (SSSR count). The maximum atomic E-state index is 11.4. The first-order chi connectivity index (χ1) is 7.88. The highest BCUT2D eigenvalue weighted by atomic mass is 35.5. The van der Waals surface area contributed by atoms with E-state index in [1.54, 1.807) is 0 Å². The van der Waals surface area contributed by atoms with Crippen LogP contribution in [0.4, 0.5) is 0 Å². The third-order valence-electron chi connectivity index (χ3n) is 2.29. The predicted octanol–water partition coefficient (Wildman–Crippen LogP) is -1.14. The molecule has 98 valence electrons. The first-order valence-corrected chi connectivity index (χ1v) is 7.68. The number of hydrogen-bond acceptors (Lipinski definition) is 4. The summed E-state index contributed by atoms with van der Waals surface area (Å²) in [7, 11) is -3.27. The fourth-order valence-electron chi connectivity index (χ4n) is 1.62. The van der Waals surface area contributed by atoms with E-state index in [1.807, 2.05) is 0 Å². The van der Waals surface area contributed by atoms with Crippen LogP contribution in [0.5, 0.6) is 0 Å². The Morgan fingerprint density at radius 3 is 1.65 bits per heavy atom. The van der Waals surface area contributed by atoms with Crippen molar-refractivity contribution in [3.63, 3.8) is 0 Å². The van der Waals surface area contributed by atoms with Crippen molar-refractivity contribution in [2.24, 2.45) is 0 Å². The number of amides is 2. The number of carbonyl (C=O) groups excluding carboxylic acids is 2. The van der Waals surface area contributed by atoms with Crippen LogP contribution in [0, 0.1) is 0 Å². The van der Waals surface area contributed by atoms with Crippen LogP contribution in [0.3, 0.4) is 0 Å². The maximum absolute atomic E-state index is 11.4. The molecule has 0 aromatic heterocycles. The Balaban J connectivity index is 2.71. The Hall–Kier alpha value is -0.530. The molecular formula is C8H12Cl2N2O4S. The van der Waals surface area contributed by atoms with Crippen molar-refractivity contribution >= 4 is 44.9 Å². The summed E-state index contributed by atoms with van der Waals surface area (Å²) < 4.78 is 22.8. The molecule has 0 aliphatic carbocycles. The van der Waals surface area contributed by atoms with Gasteiger partial charge in [0.1, 0.15) is 11.8 Å². The number of sulfone groups is 1. The quantitative estimate of drug-likeness (QED) is 0.642. The molecule has 1 aliphatic rings. The smallest absolute Gasteiger partial charge is 0.235 e. The summed E-state index contributed by atoms with van der Waals surface area (Å²) in [4.78, 5) is 22.2. The molecule has 9 heteroatoms. The molecule has 0 aromatic carbocycles. The van der Waals surface area contributed by atoms with Gasteiger partial charge >= 0.3 is 0 Å². The lowest BCUT2D eigenvalue weighted by molar-refractivity contribution is -0.121. The normalized spacial score (nSPS) is 26.5. The topological polar surface area (TPSA) is 92.3 Å². The standard InChI is InChI=1S/C8H12Cl2N2O4S/c9-1-7(13)11-5-3-17(15,16)4-6(5)12-8(14)2-10/h5-6H,1-4H2,(H,11,13)(H,12,14)/t5-,6-/m0/s1. The molecule has 6 nitrogen and oxygen atoms in total. The highest BCUT2D eigenvalue weighted by molar-refractivity contribution is 7.91. The van der Waals surface area contributed by atoms with E-state index in [4.69, 9.17) is 23.2 Å². The first-order valence-electron chi connectivity index (χ1n) is 4.79. The van der Waals surface area contributed by atoms with Gasteiger partial charge in [-0.05, 0) is 0 Å². The molecule has 2 N–H and O–H groups in total. The van der Waals surface area contributed by atoms with Crippen LogP contribution in [0.2, 0.25) is 0 Å². The summed E-state index contributed by atoms with van der Waals surface area (Å²) in [5, 5.41) is 4.91. The molecule has 17 heavy (non-hydrogen) atoms. The molecule has 1 aliphatic heterocycles. The number of carbonyl (C=O) groups is 2. The summed E-state index contributed by atoms with van der Waals surface area (Å²) >= 11 is 10.6. The van der Waals surface area contributed by atoms with Crippen molar-refractivity contribution in [3.8, 4) is 0 Å². The van der Waals surface area contributed by atoms with Gasteiger partial charge in [-0.15, -0.1) is 23.2 Å². The number of hydrogen-bond donors (Lipinski definition) is 2. The van der Waals surface area contributed by atoms with E-state index in [-0.39, 0.29) is 23.3 Å². The monoisotopic (exact) mass is 302 g/mol. The van der Waals surface area contributed by atoms with Gasteiger partial charge in [-0.25, -0.2) is 8.42 Å². The van der Waals surface area contributed by atoms with E-state index in [9.17, 15) is 18.0 Å². The maximum Gasteiger partial charge on any atom is 0.235 e. The second kappa shape index (κ2) is 5.88. The summed E-state index contributed by atoms with van der Waals surface area (Å²) in [6.07, 6.45) is 0. The fraction of sp³-hybridized carbons (Fsp3) is 0.750. The molecule has 0 bridgehead atoms. The Morgan fingerprint density at radius 2 is 1.35 bits per heavy atom. The average Bonchev–Trinajstić information content (AvgIpc) is 2.52. The van der Waals surface area contributed by atoms with E-state index in [2.05, 4.69) is 10.6 Å². The van der Waals surface area contributed by atoms with Crippen LogP contribution in [-0.2, 0) is 19.4 Å². The summed E-state index contributed by atoms with van der Waals surface area (Å²) in [6, 6.07) is -1.31. The third-order valence-corrected chi connectivity index (χ3v) is 4.51. The van der Waals surface area contributed by atoms with E-state index in [1.165, 1.54) is 0 Å². The van der Waals surface area contributed by atoms with Gasteiger partial charge in [0, 0.05) is 0 Å². The van der Waals surface area contributed by atoms with Gasteiger partial charge in [-0.3, -0.25) is 9.59 Å². The lowest BCUT2D eigenvalue weighted by Gasteiger charge is -2.19. The molecule has 0 unspecified atom stereocenters. The summed E-state index contributed by atoms with van der Waals surface area (Å²) in [6.45, 7) is 0. The Morgan fingerprint density at radius 1 is 1.00 bits per heavy atom. The Kier molecular flexibility index (Phi) is 5.03. The molecule has 0 saturated carbocycles. The van der Waals surface area contributed by atoms with Crippen molar-refractivity contribution in [1.82, 2.24) is 10.6 Å². The van der Waals surface area contributed by atoms with E-state index in [0.717, 1.165) is 0 Å². The third kappa shape index (κ3) is 4.33. The molecule has 0 spiro atoms. The van der Waals surface area contributed by atoms with Gasteiger partial charge in [0.15, 0.2) is 9.84 Å². The number of rotatable bonds is 4.